The van der Waals surface area contributed by atoms with Crippen LogP contribution in [0.2, 0.25) is 20.4 Å². The molecule has 0 spiro atoms. The van der Waals surface area contributed by atoms with E-state index in [4.69, 9.17) is 61.6 Å². The zero-order chi connectivity index (χ0) is 47.2. The van der Waals surface area contributed by atoms with Crippen LogP contribution in [0.3, 0.4) is 0 Å². The standard InChI is InChI=1S/C22H22Cl2F2N6O.C11H15ClN4.C10H7BrClF2N3O/c23-15-2-1-3-17(6-15)33-22-28-21(30-32(22)12-20(25)26)8-18-13-4-5-14(18)11-31(10-13)16-7-19(24)29-27-9-16;12-10-3-9(4-14-15-10)16-5-7-1-2-8(6-16)11(7)13;11-9-15-10(17(16-9)5-8(13)14)18-7-3-1-2-6(12)4-7/h1-3,6-7,9,13-14,18,20H,4-5,8,10-12H2;3-4,7-8,11H,1-2,5-6,13H2;1-4,8H,5H2. The molecular weight excluding hydrogens is 1030 g/mol. The van der Waals surface area contributed by atoms with Crippen molar-refractivity contribution in [3.8, 4) is 23.5 Å². The highest BCUT2D eigenvalue weighted by Gasteiger charge is 2.43. The van der Waals surface area contributed by atoms with Crippen molar-refractivity contribution in [3.63, 3.8) is 0 Å². The first-order valence-electron chi connectivity index (χ1n) is 21.4. The zero-order valence-corrected chi connectivity index (χ0v) is 40.1. The number of hydrogen-bond donors (Lipinski definition) is 1. The minimum Gasteiger partial charge on any atom is -0.424 e. The molecule has 2 saturated carbocycles. The lowest BCUT2D eigenvalue weighted by molar-refractivity contribution is 0.117. The van der Waals surface area contributed by atoms with Crippen molar-refractivity contribution in [1.29, 1.82) is 0 Å². The minimum atomic E-state index is -2.57. The van der Waals surface area contributed by atoms with Gasteiger partial charge in [0.05, 0.1) is 23.8 Å². The molecule has 10 rings (SSSR count). The van der Waals surface area contributed by atoms with E-state index >= 15 is 0 Å². The van der Waals surface area contributed by atoms with Crippen molar-refractivity contribution in [2.45, 2.75) is 64.1 Å². The van der Waals surface area contributed by atoms with Crippen LogP contribution in [0.15, 0.2) is 77.8 Å². The summed E-state index contributed by atoms with van der Waals surface area (Å²) >= 11 is 26.7. The first-order chi connectivity index (χ1) is 32.2. The monoisotopic (exact) mass is 1070 g/mol. The minimum absolute atomic E-state index is 0.0237. The van der Waals surface area contributed by atoms with E-state index in [1.807, 2.05) is 12.1 Å². The molecule has 6 heterocycles. The van der Waals surface area contributed by atoms with Gasteiger partial charge < -0.3 is 25.0 Å². The van der Waals surface area contributed by atoms with Gasteiger partial charge in [-0.05, 0) is 108 Å². The molecule has 67 heavy (non-hydrogen) atoms. The Hall–Kier alpha value is -4.60. The number of anilines is 2. The summed E-state index contributed by atoms with van der Waals surface area (Å²) in [5, 5.41) is 25.4. The maximum absolute atomic E-state index is 13.1. The number of aromatic nitrogens is 10. The van der Waals surface area contributed by atoms with E-state index in [2.05, 4.69) is 66.3 Å². The van der Waals surface area contributed by atoms with Crippen LogP contribution in [0, 0.1) is 29.6 Å². The van der Waals surface area contributed by atoms with Gasteiger partial charge in [-0.3, -0.25) is 0 Å². The second-order valence-corrected chi connectivity index (χ2v) is 19.0. The predicted molar refractivity (Wildman–Crippen MR) is 249 cm³/mol. The summed E-state index contributed by atoms with van der Waals surface area (Å²) in [7, 11) is 0. The highest BCUT2D eigenvalue weighted by atomic mass is 79.9. The lowest BCUT2D eigenvalue weighted by Gasteiger charge is -2.38. The molecule has 2 aliphatic carbocycles. The van der Waals surface area contributed by atoms with Crippen LogP contribution in [-0.2, 0) is 19.5 Å². The summed E-state index contributed by atoms with van der Waals surface area (Å²) in [4.78, 5) is 13.0. The molecule has 4 unspecified atom stereocenters. The molecule has 0 amide bonds. The van der Waals surface area contributed by atoms with Gasteiger partial charge in [-0.25, -0.2) is 26.9 Å². The number of benzene rings is 2. The van der Waals surface area contributed by atoms with Gasteiger partial charge in [-0.1, -0.05) is 58.5 Å². The van der Waals surface area contributed by atoms with Crippen molar-refractivity contribution in [1.82, 2.24) is 49.9 Å². The fourth-order valence-electron chi connectivity index (χ4n) is 9.26. The topological polar surface area (TPSA) is 164 Å². The van der Waals surface area contributed by atoms with Crippen LogP contribution in [0.4, 0.5) is 28.9 Å². The fourth-order valence-corrected chi connectivity index (χ4v) is 10.3. The largest absolute Gasteiger partial charge is 0.424 e. The van der Waals surface area contributed by atoms with Crippen LogP contribution in [0.1, 0.15) is 31.5 Å². The second kappa shape index (κ2) is 22.2. The number of nitrogens with zero attached hydrogens (tertiary/aromatic N) is 12. The number of nitrogens with two attached hydrogens (primary N) is 1. The Bertz CT molecular complexity index is 2570. The maximum Gasteiger partial charge on any atom is 0.321 e. The van der Waals surface area contributed by atoms with E-state index in [-0.39, 0.29) is 16.8 Å². The van der Waals surface area contributed by atoms with Crippen molar-refractivity contribution in [3.05, 3.63) is 104 Å². The molecule has 4 fully saturated rings. The summed E-state index contributed by atoms with van der Waals surface area (Å²) in [5.74, 6) is 3.90. The smallest absolute Gasteiger partial charge is 0.321 e. The number of piperidine rings is 2. The van der Waals surface area contributed by atoms with Gasteiger partial charge in [0.15, 0.2) is 16.1 Å². The third kappa shape index (κ3) is 12.9. The number of alkyl halides is 4. The number of rotatable bonds is 12. The average Bonchev–Trinajstić information content (AvgIpc) is 3.92. The van der Waals surface area contributed by atoms with E-state index in [0.29, 0.717) is 79.7 Å². The highest BCUT2D eigenvalue weighted by molar-refractivity contribution is 9.10. The number of hydrogen-bond acceptors (Lipinski definition) is 13. The van der Waals surface area contributed by atoms with Gasteiger partial charge >= 0.3 is 12.0 Å². The Balaban J connectivity index is 0.000000150. The molecule has 0 radical (unpaired) electrons. The quantitative estimate of drug-likeness (QED) is 0.115. The van der Waals surface area contributed by atoms with E-state index in [9.17, 15) is 17.6 Å². The molecule has 6 aromatic rings. The van der Waals surface area contributed by atoms with Crippen molar-refractivity contribution in [2.24, 2.45) is 35.3 Å². The van der Waals surface area contributed by atoms with Crippen LogP contribution < -0.4 is 25.0 Å². The lowest BCUT2D eigenvalue weighted by atomic mass is 9.82. The third-order valence-electron chi connectivity index (χ3n) is 12.2. The van der Waals surface area contributed by atoms with Crippen LogP contribution in [-0.4, -0.2) is 95.0 Å². The molecule has 2 aliphatic heterocycles. The lowest BCUT2D eigenvalue weighted by Crippen LogP contribution is -2.48. The Labute approximate surface area is 411 Å². The first kappa shape index (κ1) is 48.8. The molecule has 4 aliphatic rings. The first-order valence-corrected chi connectivity index (χ1v) is 23.7. The summed E-state index contributed by atoms with van der Waals surface area (Å²) in [6.45, 7) is 2.65. The van der Waals surface area contributed by atoms with Crippen molar-refractivity contribution < 1.29 is 27.0 Å². The second-order valence-electron chi connectivity index (χ2n) is 16.7. The molecule has 4 aromatic heterocycles. The predicted octanol–water partition coefficient (Wildman–Crippen LogP) is 10.2. The Morgan fingerprint density at radius 1 is 0.642 bits per heavy atom. The average molecular weight is 1070 g/mol. The van der Waals surface area contributed by atoms with Crippen LogP contribution in [0.5, 0.6) is 23.5 Å². The Morgan fingerprint density at radius 2 is 1.10 bits per heavy atom. The molecule has 15 nitrogen and oxygen atoms in total. The number of halogens is 9. The van der Waals surface area contributed by atoms with Crippen LogP contribution >= 0.6 is 62.3 Å². The normalized spacial score (nSPS) is 21.8. The van der Waals surface area contributed by atoms with Gasteiger partial charge in [0.2, 0.25) is 4.73 Å². The van der Waals surface area contributed by atoms with Gasteiger partial charge in [-0.15, -0.1) is 15.3 Å². The fraction of sp³-hybridized carbons (Fsp3) is 0.442. The molecular formula is C43H44BrCl4F4N13O2. The SMILES string of the molecule is FC(F)Cn1nc(Br)nc1Oc1cccc(Cl)c1.FC(F)Cn1nc(CC2C3CCC2CN(c2cnnc(Cl)c2)C3)nc1Oc1cccc(Cl)c1.NC1C2CCC1CN(c1cnnc(Cl)c1)C2. The van der Waals surface area contributed by atoms with E-state index in [0.717, 1.165) is 59.8 Å². The molecule has 2 saturated heterocycles. The van der Waals surface area contributed by atoms with E-state index in [1.54, 1.807) is 60.9 Å². The van der Waals surface area contributed by atoms with Gasteiger partial charge in [0.25, 0.3) is 12.9 Å². The molecule has 356 valence electrons. The summed E-state index contributed by atoms with van der Waals surface area (Å²) < 4.78 is 64.4. The Kier molecular flexibility index (Phi) is 16.2. The van der Waals surface area contributed by atoms with Crippen molar-refractivity contribution in [2.75, 3.05) is 36.0 Å². The Morgan fingerprint density at radius 3 is 1.58 bits per heavy atom. The number of ether oxygens (including phenoxy) is 2. The summed E-state index contributed by atoms with van der Waals surface area (Å²) in [6, 6.07) is 17.4. The third-order valence-corrected chi connectivity index (χ3v) is 13.4. The number of fused-ring (bicyclic) bond motifs is 4. The highest BCUT2D eigenvalue weighted by Crippen LogP contribution is 2.45. The van der Waals surface area contributed by atoms with Crippen molar-refractivity contribution >= 4 is 73.7 Å². The maximum atomic E-state index is 13.1. The molecule has 4 atom stereocenters. The van der Waals surface area contributed by atoms with E-state index in [1.165, 1.54) is 12.8 Å². The van der Waals surface area contributed by atoms with Gasteiger partial charge in [0.1, 0.15) is 24.6 Å². The summed E-state index contributed by atoms with van der Waals surface area (Å²) in [5.41, 5.74) is 8.22. The molecule has 2 aromatic carbocycles. The zero-order valence-electron chi connectivity index (χ0n) is 35.5. The van der Waals surface area contributed by atoms with Gasteiger partial charge in [0, 0.05) is 60.8 Å². The molecule has 4 bridgehead atoms. The van der Waals surface area contributed by atoms with Gasteiger partial charge in [-0.2, -0.15) is 25.3 Å². The molecule has 2 N–H and O–H groups in total. The van der Waals surface area contributed by atoms with E-state index < -0.39 is 25.9 Å². The summed E-state index contributed by atoms with van der Waals surface area (Å²) in [6.07, 6.45) is 3.77. The molecule has 24 heteroatoms. The van der Waals surface area contributed by atoms with Crippen LogP contribution in [0.25, 0.3) is 0 Å².